The van der Waals surface area contributed by atoms with Gasteiger partial charge in [0.2, 0.25) is 5.95 Å². The van der Waals surface area contributed by atoms with Gasteiger partial charge in [0.15, 0.2) is 0 Å². The first kappa shape index (κ1) is 16.7. The van der Waals surface area contributed by atoms with Crippen molar-refractivity contribution in [1.29, 1.82) is 0 Å². The number of carbonyl (C=O) groups excluding carboxylic acids is 1. The predicted molar refractivity (Wildman–Crippen MR) is 90.3 cm³/mol. The molecule has 1 aromatic heterocycles. The van der Waals surface area contributed by atoms with E-state index in [4.69, 9.17) is 4.74 Å². The summed E-state index contributed by atoms with van der Waals surface area (Å²) in [4.78, 5) is 20.9. The maximum Gasteiger partial charge on any atom is 0.270 e. The molecule has 0 aliphatic rings. The number of anilines is 2. The van der Waals surface area contributed by atoms with Gasteiger partial charge in [-0.05, 0) is 38.5 Å². The average Bonchev–Trinajstić information content (AvgIpc) is 2.54. The zero-order valence-electron chi connectivity index (χ0n) is 13.9. The van der Waals surface area contributed by atoms with Crippen LogP contribution < -0.4 is 15.4 Å². The molecule has 23 heavy (non-hydrogen) atoms. The lowest BCUT2D eigenvalue weighted by molar-refractivity contribution is 0.0934. The Kier molecular flexibility index (Phi) is 5.51. The van der Waals surface area contributed by atoms with Crippen LogP contribution in [0.1, 0.15) is 36.5 Å². The molecular formula is C17H22N4O2. The van der Waals surface area contributed by atoms with Crippen molar-refractivity contribution in [2.45, 2.75) is 33.2 Å². The van der Waals surface area contributed by atoms with Gasteiger partial charge in [-0.2, -0.15) is 0 Å². The number of rotatable bonds is 6. The molecule has 2 aromatic rings. The molecule has 1 atom stereocenters. The lowest BCUT2D eigenvalue weighted by atomic mass is 10.2. The van der Waals surface area contributed by atoms with Crippen molar-refractivity contribution in [2.24, 2.45) is 0 Å². The summed E-state index contributed by atoms with van der Waals surface area (Å²) >= 11 is 0. The quantitative estimate of drug-likeness (QED) is 0.857. The maximum atomic E-state index is 12.2. The van der Waals surface area contributed by atoms with E-state index in [1.165, 1.54) is 0 Å². The number of nitrogens with zero attached hydrogens (tertiary/aromatic N) is 2. The van der Waals surface area contributed by atoms with Crippen molar-refractivity contribution in [1.82, 2.24) is 15.3 Å². The Morgan fingerprint density at radius 3 is 2.74 bits per heavy atom. The average molecular weight is 314 g/mol. The fourth-order valence-electron chi connectivity index (χ4n) is 2.01. The standard InChI is InChI=1S/C17H22N4O2/c1-5-11(2)18-16(22)14-10-12(3)19-17(21-14)20-13-8-6-7-9-15(13)23-4/h6-11H,5H2,1-4H3,(H,18,22)(H,19,20,21). The Hall–Kier alpha value is -2.63. The molecule has 1 unspecified atom stereocenters. The second-order valence-corrected chi connectivity index (χ2v) is 5.33. The second-order valence-electron chi connectivity index (χ2n) is 5.33. The minimum atomic E-state index is -0.201. The highest BCUT2D eigenvalue weighted by Crippen LogP contribution is 2.25. The van der Waals surface area contributed by atoms with E-state index in [2.05, 4.69) is 20.6 Å². The number of nitrogens with one attached hydrogen (secondary N) is 2. The van der Waals surface area contributed by atoms with Crippen molar-refractivity contribution in [3.8, 4) is 5.75 Å². The smallest absolute Gasteiger partial charge is 0.270 e. The van der Waals surface area contributed by atoms with Gasteiger partial charge in [-0.25, -0.2) is 9.97 Å². The predicted octanol–water partition coefficient (Wildman–Crippen LogP) is 3.07. The molecule has 2 rings (SSSR count). The van der Waals surface area contributed by atoms with Crippen LogP contribution in [-0.2, 0) is 0 Å². The van der Waals surface area contributed by atoms with E-state index >= 15 is 0 Å². The van der Waals surface area contributed by atoms with E-state index in [0.717, 1.165) is 12.1 Å². The fraction of sp³-hybridized carbons (Fsp3) is 0.353. The van der Waals surface area contributed by atoms with Gasteiger partial charge in [-0.15, -0.1) is 0 Å². The van der Waals surface area contributed by atoms with Gasteiger partial charge in [0.1, 0.15) is 11.4 Å². The van der Waals surface area contributed by atoms with Crippen LogP contribution in [0.5, 0.6) is 5.75 Å². The van der Waals surface area contributed by atoms with Gasteiger partial charge >= 0.3 is 0 Å². The number of benzene rings is 1. The van der Waals surface area contributed by atoms with Crippen molar-refractivity contribution in [2.75, 3.05) is 12.4 Å². The number of carbonyl (C=O) groups is 1. The lowest BCUT2D eigenvalue weighted by Gasteiger charge is -2.13. The van der Waals surface area contributed by atoms with Gasteiger partial charge in [0, 0.05) is 11.7 Å². The van der Waals surface area contributed by atoms with Gasteiger partial charge in [-0.3, -0.25) is 4.79 Å². The van der Waals surface area contributed by atoms with Crippen molar-refractivity contribution in [3.05, 3.63) is 41.7 Å². The Labute approximate surface area is 136 Å². The third kappa shape index (κ3) is 4.42. The molecule has 0 radical (unpaired) electrons. The number of aryl methyl sites for hydroxylation is 1. The summed E-state index contributed by atoms with van der Waals surface area (Å²) in [6, 6.07) is 9.25. The second kappa shape index (κ2) is 7.58. The summed E-state index contributed by atoms with van der Waals surface area (Å²) in [6.07, 6.45) is 0.863. The normalized spacial score (nSPS) is 11.7. The largest absolute Gasteiger partial charge is 0.495 e. The summed E-state index contributed by atoms with van der Waals surface area (Å²) in [5.74, 6) is 0.847. The Morgan fingerprint density at radius 2 is 2.04 bits per heavy atom. The van der Waals surface area contributed by atoms with Crippen molar-refractivity contribution >= 4 is 17.5 Å². The lowest BCUT2D eigenvalue weighted by Crippen LogP contribution is -2.32. The molecular weight excluding hydrogens is 292 g/mol. The van der Waals surface area contributed by atoms with Crippen LogP contribution in [0.4, 0.5) is 11.6 Å². The van der Waals surface area contributed by atoms with E-state index < -0.39 is 0 Å². The van der Waals surface area contributed by atoms with E-state index in [1.807, 2.05) is 45.0 Å². The van der Waals surface area contributed by atoms with E-state index in [0.29, 0.717) is 23.1 Å². The van der Waals surface area contributed by atoms with Crippen molar-refractivity contribution < 1.29 is 9.53 Å². The molecule has 0 bridgehead atoms. The summed E-state index contributed by atoms with van der Waals surface area (Å²) in [5, 5.41) is 6.00. The van der Waals surface area contributed by atoms with Gasteiger partial charge in [0.05, 0.1) is 12.8 Å². The molecule has 0 saturated heterocycles. The van der Waals surface area contributed by atoms with Crippen LogP contribution in [0.15, 0.2) is 30.3 Å². The van der Waals surface area contributed by atoms with E-state index in [9.17, 15) is 4.79 Å². The zero-order valence-corrected chi connectivity index (χ0v) is 13.9. The Morgan fingerprint density at radius 1 is 1.30 bits per heavy atom. The molecule has 0 fully saturated rings. The minimum Gasteiger partial charge on any atom is -0.495 e. The molecule has 6 nitrogen and oxygen atoms in total. The third-order valence-corrected chi connectivity index (χ3v) is 3.43. The van der Waals surface area contributed by atoms with Crippen molar-refractivity contribution in [3.63, 3.8) is 0 Å². The molecule has 0 spiro atoms. The first-order valence-electron chi connectivity index (χ1n) is 7.60. The number of para-hydroxylation sites is 2. The number of aromatic nitrogens is 2. The monoisotopic (exact) mass is 314 g/mol. The van der Waals surface area contributed by atoms with E-state index in [1.54, 1.807) is 13.2 Å². The number of hydrogen-bond donors (Lipinski definition) is 2. The SMILES string of the molecule is CCC(C)NC(=O)c1cc(C)nc(Nc2ccccc2OC)n1. The number of ether oxygens (including phenoxy) is 1. The van der Waals surface area contributed by atoms with Crippen LogP contribution >= 0.6 is 0 Å². The van der Waals surface area contributed by atoms with Crippen LogP contribution in [0, 0.1) is 6.92 Å². The Balaban J connectivity index is 2.25. The van der Waals surface area contributed by atoms with Gasteiger partial charge in [0.25, 0.3) is 5.91 Å². The summed E-state index contributed by atoms with van der Waals surface area (Å²) < 4.78 is 5.30. The number of amides is 1. The van der Waals surface area contributed by atoms with Crippen LogP contribution in [-0.4, -0.2) is 29.0 Å². The maximum absolute atomic E-state index is 12.2. The number of hydrogen-bond acceptors (Lipinski definition) is 5. The highest BCUT2D eigenvalue weighted by atomic mass is 16.5. The molecule has 0 aliphatic heterocycles. The first-order valence-corrected chi connectivity index (χ1v) is 7.60. The number of methoxy groups -OCH3 is 1. The summed E-state index contributed by atoms with van der Waals surface area (Å²) in [7, 11) is 1.60. The molecule has 2 N–H and O–H groups in total. The topological polar surface area (TPSA) is 76.1 Å². The van der Waals surface area contributed by atoms with Crippen LogP contribution in [0.25, 0.3) is 0 Å². The van der Waals surface area contributed by atoms with E-state index in [-0.39, 0.29) is 11.9 Å². The molecule has 6 heteroatoms. The van der Waals surface area contributed by atoms with Crippen LogP contribution in [0.3, 0.4) is 0 Å². The fourth-order valence-corrected chi connectivity index (χ4v) is 2.01. The molecule has 1 heterocycles. The minimum absolute atomic E-state index is 0.100. The van der Waals surface area contributed by atoms with Crippen LogP contribution in [0.2, 0.25) is 0 Å². The highest BCUT2D eigenvalue weighted by Gasteiger charge is 2.13. The Bertz CT molecular complexity index is 688. The highest BCUT2D eigenvalue weighted by molar-refractivity contribution is 5.92. The molecule has 1 amide bonds. The third-order valence-electron chi connectivity index (χ3n) is 3.43. The van der Waals surface area contributed by atoms with Gasteiger partial charge in [-0.1, -0.05) is 19.1 Å². The molecule has 0 saturated carbocycles. The zero-order chi connectivity index (χ0) is 16.8. The summed E-state index contributed by atoms with van der Waals surface area (Å²) in [6.45, 7) is 5.81. The molecule has 0 aliphatic carbocycles. The molecule has 1 aromatic carbocycles. The first-order chi connectivity index (χ1) is 11.0. The molecule has 122 valence electrons. The van der Waals surface area contributed by atoms with Gasteiger partial charge < -0.3 is 15.4 Å². The summed E-state index contributed by atoms with van der Waals surface area (Å²) in [5.41, 5.74) is 1.80.